The molecule has 1 aliphatic carbocycles. The highest BCUT2D eigenvalue weighted by Gasteiger charge is 2.26. The first-order valence-corrected chi connectivity index (χ1v) is 13.6. The van der Waals surface area contributed by atoms with Gasteiger partial charge in [0.15, 0.2) is 5.11 Å². The first-order valence-electron chi connectivity index (χ1n) is 10.9. The zero-order valence-corrected chi connectivity index (χ0v) is 21.7. The highest BCUT2D eigenvalue weighted by Crippen LogP contribution is 2.38. The van der Waals surface area contributed by atoms with Gasteiger partial charge in [-0.25, -0.2) is 13.2 Å². The van der Waals surface area contributed by atoms with Crippen molar-refractivity contribution in [3.63, 3.8) is 0 Å². The van der Waals surface area contributed by atoms with Crippen LogP contribution in [0.25, 0.3) is 0 Å². The van der Waals surface area contributed by atoms with Gasteiger partial charge in [-0.15, -0.1) is 11.3 Å². The van der Waals surface area contributed by atoms with Crippen molar-refractivity contribution in [2.24, 2.45) is 0 Å². The van der Waals surface area contributed by atoms with Crippen molar-refractivity contribution in [3.8, 4) is 5.75 Å². The van der Waals surface area contributed by atoms with E-state index < -0.39 is 10.0 Å². The minimum atomic E-state index is -3.82. The molecule has 3 aromatic rings. The average Bonchev–Trinajstić information content (AvgIpc) is 3.21. The molecule has 184 valence electrons. The molecule has 0 aliphatic heterocycles. The zero-order valence-electron chi connectivity index (χ0n) is 19.2. The number of anilines is 3. The highest BCUT2D eigenvalue weighted by molar-refractivity contribution is 7.92. The van der Waals surface area contributed by atoms with Gasteiger partial charge in [0.25, 0.3) is 10.0 Å². The van der Waals surface area contributed by atoms with Crippen LogP contribution in [0.15, 0.2) is 53.4 Å². The summed E-state index contributed by atoms with van der Waals surface area (Å²) in [5, 5.41) is 7.10. The molecule has 0 saturated heterocycles. The third-order valence-corrected chi connectivity index (χ3v) is 8.35. The minimum absolute atomic E-state index is 0.0896. The number of fused-ring (bicyclic) bond motifs is 1. The third-order valence-electron chi connectivity index (χ3n) is 5.56. The Labute approximate surface area is 213 Å². The Morgan fingerprint density at radius 1 is 1.00 bits per heavy atom. The van der Waals surface area contributed by atoms with Gasteiger partial charge < -0.3 is 20.1 Å². The van der Waals surface area contributed by atoms with E-state index in [1.54, 1.807) is 36.4 Å². The molecule has 1 aliphatic rings. The number of ether oxygens (including phenoxy) is 2. The topological polar surface area (TPSA) is 106 Å². The number of para-hydroxylation sites is 2. The van der Waals surface area contributed by atoms with E-state index in [2.05, 4.69) is 15.4 Å². The predicted molar refractivity (Wildman–Crippen MR) is 142 cm³/mol. The lowest BCUT2D eigenvalue weighted by Crippen LogP contribution is -2.20. The molecule has 0 amide bonds. The molecule has 0 saturated carbocycles. The number of esters is 1. The van der Waals surface area contributed by atoms with Crippen LogP contribution in [0.3, 0.4) is 0 Å². The lowest BCUT2D eigenvalue weighted by molar-refractivity contribution is 0.0601. The molecule has 35 heavy (non-hydrogen) atoms. The van der Waals surface area contributed by atoms with Crippen LogP contribution in [-0.2, 0) is 27.6 Å². The van der Waals surface area contributed by atoms with Crippen molar-refractivity contribution in [3.05, 3.63) is 64.5 Å². The smallest absolute Gasteiger partial charge is 0.341 e. The fourth-order valence-corrected chi connectivity index (χ4v) is 6.52. The Balaban J connectivity index is 1.46. The fraction of sp³-hybridized carbons (Fsp3) is 0.250. The summed E-state index contributed by atoms with van der Waals surface area (Å²) < 4.78 is 38.4. The van der Waals surface area contributed by atoms with Crippen LogP contribution >= 0.6 is 23.6 Å². The largest absolute Gasteiger partial charge is 0.495 e. The molecule has 0 unspecified atom stereocenters. The lowest BCUT2D eigenvalue weighted by Gasteiger charge is -2.13. The molecule has 0 fully saturated rings. The molecule has 0 radical (unpaired) electrons. The van der Waals surface area contributed by atoms with Gasteiger partial charge in [-0.1, -0.05) is 12.1 Å². The van der Waals surface area contributed by atoms with Crippen LogP contribution in [-0.4, -0.2) is 33.7 Å². The quantitative estimate of drug-likeness (QED) is 0.288. The Bertz CT molecular complexity index is 1350. The van der Waals surface area contributed by atoms with Gasteiger partial charge in [-0.05, 0) is 79.9 Å². The Morgan fingerprint density at radius 2 is 1.71 bits per heavy atom. The van der Waals surface area contributed by atoms with Crippen LogP contribution in [0.1, 0.15) is 33.6 Å². The summed E-state index contributed by atoms with van der Waals surface area (Å²) in [6.07, 6.45) is 3.91. The molecule has 0 spiro atoms. The van der Waals surface area contributed by atoms with Crippen LogP contribution in [0.2, 0.25) is 0 Å². The first kappa shape index (κ1) is 25.0. The van der Waals surface area contributed by atoms with Crippen molar-refractivity contribution >= 4 is 61.0 Å². The van der Waals surface area contributed by atoms with E-state index in [4.69, 9.17) is 21.7 Å². The van der Waals surface area contributed by atoms with Crippen LogP contribution in [0, 0.1) is 0 Å². The molecule has 8 nitrogen and oxygen atoms in total. The minimum Gasteiger partial charge on any atom is -0.495 e. The van der Waals surface area contributed by atoms with Crippen molar-refractivity contribution < 1.29 is 22.7 Å². The molecular formula is C24H25N3O5S3. The number of benzene rings is 2. The van der Waals surface area contributed by atoms with Gasteiger partial charge in [-0.3, -0.25) is 4.72 Å². The second-order valence-corrected chi connectivity index (χ2v) is 11.0. The molecule has 3 N–H and O–H groups in total. The van der Waals surface area contributed by atoms with Gasteiger partial charge in [0, 0.05) is 10.6 Å². The van der Waals surface area contributed by atoms with Crippen molar-refractivity contribution in [1.82, 2.24) is 0 Å². The summed E-state index contributed by atoms with van der Waals surface area (Å²) in [4.78, 5) is 13.7. The number of thiophene rings is 1. The molecule has 11 heteroatoms. The maximum atomic E-state index is 12.8. The van der Waals surface area contributed by atoms with Crippen molar-refractivity contribution in [2.45, 2.75) is 30.6 Å². The Morgan fingerprint density at radius 3 is 2.43 bits per heavy atom. The van der Waals surface area contributed by atoms with Gasteiger partial charge in [0.2, 0.25) is 0 Å². The van der Waals surface area contributed by atoms with Crippen LogP contribution in [0.4, 0.5) is 16.4 Å². The second-order valence-electron chi connectivity index (χ2n) is 7.82. The standard InChI is InChI=1S/C24H25N3O5S3/c1-31-19-9-5-4-8-18(19)27-35(29,30)16-13-11-15(12-14-16)25-24(33)26-22-21(23(28)32-2)17-7-3-6-10-20(17)34-22/h4-5,8-9,11-14,27H,3,6-7,10H2,1-2H3,(H2,25,26,33). The zero-order chi connectivity index (χ0) is 25.0. The first-order chi connectivity index (χ1) is 16.8. The number of thiocarbonyl (C=S) groups is 1. The molecule has 4 rings (SSSR count). The summed E-state index contributed by atoms with van der Waals surface area (Å²) in [5.74, 6) is 0.0409. The van der Waals surface area contributed by atoms with Gasteiger partial charge in [-0.2, -0.15) is 0 Å². The Hall–Kier alpha value is -3.15. The summed E-state index contributed by atoms with van der Waals surface area (Å²) in [6.45, 7) is 0. The summed E-state index contributed by atoms with van der Waals surface area (Å²) in [7, 11) is -0.970. The average molecular weight is 532 g/mol. The van der Waals surface area contributed by atoms with Gasteiger partial charge >= 0.3 is 5.97 Å². The molecule has 1 heterocycles. The summed E-state index contributed by atoms with van der Waals surface area (Å²) in [6, 6.07) is 13.0. The summed E-state index contributed by atoms with van der Waals surface area (Å²) >= 11 is 6.97. The second kappa shape index (κ2) is 10.6. The molecule has 0 atom stereocenters. The van der Waals surface area contributed by atoms with E-state index >= 15 is 0 Å². The van der Waals surface area contributed by atoms with E-state index in [0.29, 0.717) is 27.7 Å². The third kappa shape index (κ3) is 5.58. The predicted octanol–water partition coefficient (Wildman–Crippen LogP) is 5.03. The molecule has 0 bridgehead atoms. The number of nitrogens with one attached hydrogen (secondary N) is 3. The maximum Gasteiger partial charge on any atom is 0.341 e. The number of hydrogen-bond acceptors (Lipinski definition) is 7. The van der Waals surface area contributed by atoms with Crippen molar-refractivity contribution in [2.75, 3.05) is 29.6 Å². The molecule has 1 aromatic heterocycles. The van der Waals surface area contributed by atoms with E-state index in [1.165, 1.54) is 42.6 Å². The fourth-order valence-electron chi connectivity index (χ4n) is 3.89. The monoisotopic (exact) mass is 531 g/mol. The van der Waals surface area contributed by atoms with Crippen molar-refractivity contribution in [1.29, 1.82) is 0 Å². The molecular weight excluding hydrogens is 506 g/mol. The maximum absolute atomic E-state index is 12.8. The number of aryl methyl sites for hydroxylation is 1. The highest BCUT2D eigenvalue weighted by atomic mass is 32.2. The van der Waals surface area contributed by atoms with Gasteiger partial charge in [0.1, 0.15) is 10.8 Å². The van der Waals surface area contributed by atoms with E-state index in [-0.39, 0.29) is 16.0 Å². The number of rotatable bonds is 7. The number of hydrogen-bond donors (Lipinski definition) is 3. The number of carbonyl (C=O) groups is 1. The summed E-state index contributed by atoms with van der Waals surface area (Å²) in [5.41, 5.74) is 2.53. The SMILES string of the molecule is COC(=O)c1c(NC(=S)Nc2ccc(S(=O)(=O)Nc3ccccc3OC)cc2)sc2c1CCCC2. The number of sulfonamides is 1. The van der Waals surface area contributed by atoms with Gasteiger partial charge in [0.05, 0.1) is 30.4 Å². The van der Waals surface area contributed by atoms with E-state index in [1.807, 2.05) is 0 Å². The Kier molecular flexibility index (Phi) is 7.58. The number of methoxy groups -OCH3 is 2. The van der Waals surface area contributed by atoms with Crippen LogP contribution < -0.4 is 20.1 Å². The normalized spacial score (nSPS) is 12.9. The lowest BCUT2D eigenvalue weighted by atomic mass is 9.95. The molecule has 2 aromatic carbocycles. The van der Waals surface area contributed by atoms with Crippen LogP contribution in [0.5, 0.6) is 5.75 Å². The van der Waals surface area contributed by atoms with E-state index in [0.717, 1.165) is 31.2 Å². The van der Waals surface area contributed by atoms with E-state index in [9.17, 15) is 13.2 Å². The number of carbonyl (C=O) groups excluding carboxylic acids is 1.